The average Bonchev–Trinajstić information content (AvgIpc) is 3.16. The molecular weight excluding hydrogens is 348 g/mol. The Morgan fingerprint density at radius 3 is 2.81 bits per heavy atom. The number of hydrogen-bond acceptors (Lipinski definition) is 7. The maximum atomic E-state index is 12.2. The molecule has 8 heteroatoms. The number of methoxy groups -OCH3 is 2. The Kier molecular flexibility index (Phi) is 6.08. The Hall–Kier alpha value is -2.87. The number of likely N-dealkylation sites (N-methyl/N-ethyl adjacent to an activating group) is 1. The molecule has 1 amide bonds. The number of hydrogen-bond donors (Lipinski definition) is 1. The van der Waals surface area contributed by atoms with Gasteiger partial charge in [-0.15, -0.1) is 0 Å². The van der Waals surface area contributed by atoms with E-state index in [0.717, 1.165) is 25.1 Å². The van der Waals surface area contributed by atoms with Crippen LogP contribution in [0.4, 0.5) is 5.69 Å². The fourth-order valence-electron chi connectivity index (χ4n) is 2.82. The molecule has 1 aromatic heterocycles. The van der Waals surface area contributed by atoms with Gasteiger partial charge in [-0.1, -0.05) is 11.2 Å². The van der Waals surface area contributed by atoms with Crippen LogP contribution in [-0.4, -0.2) is 55.3 Å². The molecule has 0 radical (unpaired) electrons. The van der Waals surface area contributed by atoms with E-state index in [2.05, 4.69) is 33.5 Å². The van der Waals surface area contributed by atoms with Crippen LogP contribution in [0.25, 0.3) is 5.57 Å². The highest BCUT2D eigenvalue weighted by molar-refractivity contribution is 5.91. The van der Waals surface area contributed by atoms with Crippen LogP contribution in [0.3, 0.4) is 0 Å². The largest absolute Gasteiger partial charge is 0.493 e. The number of anilines is 1. The number of carbonyl (C=O) groups excluding carboxylic acids is 1. The van der Waals surface area contributed by atoms with Crippen LogP contribution >= 0.6 is 0 Å². The summed E-state index contributed by atoms with van der Waals surface area (Å²) in [7, 11) is 5.19. The van der Waals surface area contributed by atoms with Crippen LogP contribution in [0.1, 0.15) is 24.6 Å². The van der Waals surface area contributed by atoms with Gasteiger partial charge in [0.1, 0.15) is 0 Å². The van der Waals surface area contributed by atoms with Gasteiger partial charge in [-0.2, -0.15) is 4.98 Å². The van der Waals surface area contributed by atoms with E-state index < -0.39 is 0 Å². The lowest BCUT2D eigenvalue weighted by atomic mass is 10.1. The Morgan fingerprint density at radius 1 is 1.30 bits per heavy atom. The molecule has 1 N–H and O–H groups in total. The predicted molar refractivity (Wildman–Crippen MR) is 101 cm³/mol. The normalized spacial score (nSPS) is 14.6. The zero-order chi connectivity index (χ0) is 19.2. The molecule has 144 valence electrons. The lowest BCUT2D eigenvalue weighted by Gasteiger charge is -2.19. The standard InChI is InChI=1S/C19H24N4O4/c1-23-10-8-13(9-11-23)19-21-18(27-22-19)7-6-17(24)20-14-4-5-15(25-2)16(12-14)26-3/h4-5,8,12H,6-7,9-11H2,1-3H3,(H,20,24). The van der Waals surface area contributed by atoms with Crippen molar-refractivity contribution in [3.8, 4) is 11.5 Å². The van der Waals surface area contributed by atoms with Crippen molar-refractivity contribution >= 4 is 17.2 Å². The lowest BCUT2D eigenvalue weighted by Crippen LogP contribution is -2.23. The van der Waals surface area contributed by atoms with E-state index in [1.807, 2.05) is 0 Å². The molecule has 0 saturated heterocycles. The third-order valence-electron chi connectivity index (χ3n) is 4.40. The van der Waals surface area contributed by atoms with E-state index in [-0.39, 0.29) is 12.3 Å². The Balaban J connectivity index is 1.54. The van der Waals surface area contributed by atoms with Gasteiger partial charge in [-0.05, 0) is 31.2 Å². The van der Waals surface area contributed by atoms with Crippen LogP contribution < -0.4 is 14.8 Å². The van der Waals surface area contributed by atoms with E-state index in [0.29, 0.717) is 35.3 Å². The highest BCUT2D eigenvalue weighted by Gasteiger charge is 2.16. The van der Waals surface area contributed by atoms with Crippen molar-refractivity contribution in [1.82, 2.24) is 15.0 Å². The van der Waals surface area contributed by atoms with Gasteiger partial charge in [-0.25, -0.2) is 0 Å². The predicted octanol–water partition coefficient (Wildman–Crippen LogP) is 2.38. The molecule has 3 rings (SSSR count). The van der Waals surface area contributed by atoms with Crippen molar-refractivity contribution in [1.29, 1.82) is 0 Å². The van der Waals surface area contributed by atoms with Gasteiger partial charge in [0.2, 0.25) is 11.8 Å². The second-order valence-corrected chi connectivity index (χ2v) is 6.37. The molecule has 1 aliphatic rings. The van der Waals surface area contributed by atoms with Crippen LogP contribution in [-0.2, 0) is 11.2 Å². The molecular formula is C19H24N4O4. The second-order valence-electron chi connectivity index (χ2n) is 6.37. The lowest BCUT2D eigenvalue weighted by molar-refractivity contribution is -0.116. The van der Waals surface area contributed by atoms with E-state index >= 15 is 0 Å². The van der Waals surface area contributed by atoms with Gasteiger partial charge < -0.3 is 24.2 Å². The summed E-state index contributed by atoms with van der Waals surface area (Å²) in [6.45, 7) is 1.86. The molecule has 8 nitrogen and oxygen atoms in total. The third-order valence-corrected chi connectivity index (χ3v) is 4.40. The summed E-state index contributed by atoms with van der Waals surface area (Å²) in [5.41, 5.74) is 1.73. The van der Waals surface area contributed by atoms with E-state index in [1.54, 1.807) is 32.4 Å². The summed E-state index contributed by atoms with van der Waals surface area (Å²) < 4.78 is 15.7. The zero-order valence-corrected chi connectivity index (χ0v) is 15.8. The first-order chi connectivity index (χ1) is 13.1. The molecule has 0 aliphatic carbocycles. The monoisotopic (exact) mass is 372 g/mol. The molecule has 0 spiro atoms. The first-order valence-corrected chi connectivity index (χ1v) is 8.81. The fourth-order valence-corrected chi connectivity index (χ4v) is 2.82. The number of ether oxygens (including phenoxy) is 2. The van der Waals surface area contributed by atoms with Crippen LogP contribution in [0.15, 0.2) is 28.8 Å². The molecule has 2 heterocycles. The quantitative estimate of drug-likeness (QED) is 0.798. The Morgan fingerprint density at radius 2 is 2.11 bits per heavy atom. The van der Waals surface area contributed by atoms with Crippen molar-refractivity contribution in [2.24, 2.45) is 0 Å². The molecule has 0 fully saturated rings. The first-order valence-electron chi connectivity index (χ1n) is 8.81. The van der Waals surface area contributed by atoms with Crippen molar-refractivity contribution in [2.75, 3.05) is 39.7 Å². The minimum absolute atomic E-state index is 0.138. The second kappa shape index (κ2) is 8.68. The highest BCUT2D eigenvalue weighted by Crippen LogP contribution is 2.29. The first kappa shape index (κ1) is 18.9. The minimum Gasteiger partial charge on any atom is -0.493 e. The maximum Gasteiger partial charge on any atom is 0.227 e. The van der Waals surface area contributed by atoms with Crippen molar-refractivity contribution in [3.05, 3.63) is 36.0 Å². The number of benzene rings is 1. The minimum atomic E-state index is -0.138. The topological polar surface area (TPSA) is 89.7 Å². The molecule has 27 heavy (non-hydrogen) atoms. The van der Waals surface area contributed by atoms with Gasteiger partial charge in [0.05, 0.1) is 14.2 Å². The van der Waals surface area contributed by atoms with Crippen molar-refractivity contribution in [3.63, 3.8) is 0 Å². The van der Waals surface area contributed by atoms with Gasteiger partial charge in [0.15, 0.2) is 17.3 Å². The Bertz CT molecular complexity index is 831. The summed E-state index contributed by atoms with van der Waals surface area (Å²) in [5, 5.41) is 6.87. The fraction of sp³-hybridized carbons (Fsp3) is 0.421. The number of carbonyl (C=O) groups is 1. The van der Waals surface area contributed by atoms with Crippen LogP contribution in [0.2, 0.25) is 0 Å². The molecule has 0 bridgehead atoms. The molecule has 0 saturated carbocycles. The molecule has 0 unspecified atom stereocenters. The summed E-state index contributed by atoms with van der Waals surface area (Å²) in [6, 6.07) is 5.22. The summed E-state index contributed by atoms with van der Waals surface area (Å²) in [5.74, 6) is 2.12. The smallest absolute Gasteiger partial charge is 0.227 e. The molecule has 1 aromatic carbocycles. The number of nitrogens with one attached hydrogen (secondary N) is 1. The van der Waals surface area contributed by atoms with Crippen molar-refractivity contribution in [2.45, 2.75) is 19.3 Å². The number of nitrogens with zero attached hydrogens (tertiary/aromatic N) is 3. The summed E-state index contributed by atoms with van der Waals surface area (Å²) in [4.78, 5) is 18.8. The van der Waals surface area contributed by atoms with E-state index in [4.69, 9.17) is 14.0 Å². The molecule has 2 aromatic rings. The highest BCUT2D eigenvalue weighted by atomic mass is 16.5. The number of rotatable bonds is 7. The Labute approximate surface area is 158 Å². The molecule has 1 aliphatic heterocycles. The van der Waals surface area contributed by atoms with Crippen LogP contribution in [0, 0.1) is 0 Å². The summed E-state index contributed by atoms with van der Waals surface area (Å²) in [6.07, 6.45) is 3.65. The van der Waals surface area contributed by atoms with Gasteiger partial charge in [0, 0.05) is 37.7 Å². The SMILES string of the molecule is COc1ccc(NC(=O)CCc2nc(C3=CCN(C)CC3)no2)cc1OC. The van der Waals surface area contributed by atoms with E-state index in [1.165, 1.54) is 0 Å². The van der Waals surface area contributed by atoms with Crippen molar-refractivity contribution < 1.29 is 18.8 Å². The third kappa shape index (κ3) is 4.85. The number of aromatic nitrogens is 2. The van der Waals surface area contributed by atoms with E-state index in [9.17, 15) is 4.79 Å². The average molecular weight is 372 g/mol. The van der Waals surface area contributed by atoms with Gasteiger partial charge in [0.25, 0.3) is 0 Å². The summed E-state index contributed by atoms with van der Waals surface area (Å²) >= 11 is 0. The molecule has 0 atom stereocenters. The van der Waals surface area contributed by atoms with Crippen LogP contribution in [0.5, 0.6) is 11.5 Å². The zero-order valence-electron chi connectivity index (χ0n) is 15.8. The maximum absolute atomic E-state index is 12.2. The van der Waals surface area contributed by atoms with Gasteiger partial charge >= 0.3 is 0 Å². The number of aryl methyl sites for hydroxylation is 1. The van der Waals surface area contributed by atoms with Gasteiger partial charge in [-0.3, -0.25) is 4.79 Å². The number of amides is 1.